The molecule has 0 saturated heterocycles. The summed E-state index contributed by atoms with van der Waals surface area (Å²) in [6.07, 6.45) is -3.77. The molecule has 2 rings (SSSR count). The largest absolute Gasteiger partial charge is 0.469 e. The third kappa shape index (κ3) is 5.27. The number of alkyl halides is 3. The topological polar surface area (TPSA) is 86.2 Å². The minimum atomic E-state index is -4.81. The molecule has 0 radical (unpaired) electrons. The van der Waals surface area contributed by atoms with Gasteiger partial charge in [0, 0.05) is 18.0 Å². The number of rotatable bonds is 3. The minimum Gasteiger partial charge on any atom is -0.469 e. The van der Waals surface area contributed by atoms with E-state index in [1.807, 2.05) is 0 Å². The Bertz CT molecular complexity index is 1040. The first-order valence-corrected chi connectivity index (χ1v) is 9.22. The van der Waals surface area contributed by atoms with Crippen LogP contribution in [0.1, 0.15) is 22.4 Å². The molecule has 0 aliphatic rings. The first-order chi connectivity index (χ1) is 12.5. The number of benzene rings is 1. The van der Waals surface area contributed by atoms with Crippen LogP contribution in [0.25, 0.3) is 0 Å². The number of ether oxygens (including phenoxy) is 1. The van der Waals surface area contributed by atoms with E-state index >= 15 is 0 Å². The molecule has 1 aromatic heterocycles. The molecule has 1 aromatic carbocycles. The van der Waals surface area contributed by atoms with Crippen LogP contribution in [0.3, 0.4) is 0 Å². The number of hydrogen-bond acceptors (Lipinski definition) is 6. The van der Waals surface area contributed by atoms with Crippen molar-refractivity contribution in [1.29, 1.82) is 0 Å². The quantitative estimate of drug-likeness (QED) is 0.447. The number of carbonyl (C=O) groups excluding carboxylic acids is 1. The number of sulfone groups is 1. The van der Waals surface area contributed by atoms with Crippen molar-refractivity contribution in [3.63, 3.8) is 0 Å². The predicted molar refractivity (Wildman–Crippen MR) is 88.3 cm³/mol. The highest BCUT2D eigenvalue weighted by molar-refractivity contribution is 7.90. The lowest BCUT2D eigenvalue weighted by atomic mass is 10.0. The van der Waals surface area contributed by atoms with Crippen LogP contribution < -0.4 is 0 Å². The Balaban J connectivity index is 2.57. The van der Waals surface area contributed by atoms with Gasteiger partial charge in [0.15, 0.2) is 0 Å². The summed E-state index contributed by atoms with van der Waals surface area (Å²) in [5.41, 5.74) is -1.29. The zero-order valence-electron chi connectivity index (χ0n) is 14.2. The van der Waals surface area contributed by atoms with Crippen molar-refractivity contribution in [1.82, 2.24) is 9.97 Å². The molecule has 0 aliphatic heterocycles. The molecule has 142 valence electrons. The summed E-state index contributed by atoms with van der Waals surface area (Å²) in [6.45, 7) is 0. The molecule has 0 N–H and O–H groups in total. The van der Waals surface area contributed by atoms with Crippen LogP contribution in [-0.2, 0) is 32.0 Å². The van der Waals surface area contributed by atoms with Gasteiger partial charge >= 0.3 is 12.1 Å². The van der Waals surface area contributed by atoms with Crippen LogP contribution in [-0.4, -0.2) is 37.7 Å². The first-order valence-electron chi connectivity index (χ1n) is 7.33. The van der Waals surface area contributed by atoms with E-state index in [4.69, 9.17) is 0 Å². The lowest BCUT2D eigenvalue weighted by molar-refractivity contribution is -0.140. The van der Waals surface area contributed by atoms with Crippen molar-refractivity contribution in [3.8, 4) is 11.8 Å². The first kappa shape index (κ1) is 20.4. The van der Waals surface area contributed by atoms with E-state index in [0.717, 1.165) is 6.26 Å². The monoisotopic (exact) mass is 398 g/mol. The lowest BCUT2D eigenvalue weighted by Crippen LogP contribution is -2.14. The van der Waals surface area contributed by atoms with Gasteiger partial charge in [-0.2, -0.15) is 13.2 Å². The van der Waals surface area contributed by atoms with E-state index in [-0.39, 0.29) is 12.0 Å². The normalized spacial score (nSPS) is 11.4. The Hall–Kier alpha value is -2.93. The molecule has 1 heterocycles. The molecule has 0 atom stereocenters. The molecule has 0 bridgehead atoms. The number of methoxy groups -OCH3 is 1. The molecule has 0 amide bonds. The summed E-state index contributed by atoms with van der Waals surface area (Å²) < 4.78 is 67.0. The highest BCUT2D eigenvalue weighted by atomic mass is 32.2. The standard InChI is InChI=1S/C17H13F3N2O4S/c1-26-15(23)9-12-6-4-3-5-11(12)7-8-14-13(17(18,19)20)10-21-16(22-14)27(2,24)25/h3-6,10H,9H2,1-2H3. The fourth-order valence-electron chi connectivity index (χ4n) is 2.00. The SMILES string of the molecule is COC(=O)Cc1ccccc1C#Cc1nc(S(C)(=O)=O)ncc1C(F)(F)F. The fourth-order valence-corrected chi connectivity index (χ4v) is 2.50. The van der Waals surface area contributed by atoms with Gasteiger partial charge < -0.3 is 4.74 Å². The molecule has 0 unspecified atom stereocenters. The zero-order valence-corrected chi connectivity index (χ0v) is 15.0. The van der Waals surface area contributed by atoms with Gasteiger partial charge in [0.25, 0.3) is 0 Å². The number of esters is 1. The van der Waals surface area contributed by atoms with E-state index in [9.17, 15) is 26.4 Å². The molecular formula is C17H13F3N2O4S. The van der Waals surface area contributed by atoms with Crippen molar-refractivity contribution < 1.29 is 31.1 Å². The molecule has 0 spiro atoms. The van der Waals surface area contributed by atoms with Gasteiger partial charge in [0.1, 0.15) is 11.3 Å². The summed E-state index contributed by atoms with van der Waals surface area (Å²) in [6, 6.07) is 6.32. The maximum Gasteiger partial charge on any atom is 0.420 e. The van der Waals surface area contributed by atoms with Crippen molar-refractivity contribution in [2.75, 3.05) is 13.4 Å². The Kier molecular flexibility index (Phi) is 5.85. The van der Waals surface area contributed by atoms with Crippen LogP contribution in [0.5, 0.6) is 0 Å². The van der Waals surface area contributed by atoms with Crippen LogP contribution in [0.2, 0.25) is 0 Å². The Labute approximate surface area is 153 Å². The van der Waals surface area contributed by atoms with Crippen molar-refractivity contribution >= 4 is 15.8 Å². The van der Waals surface area contributed by atoms with E-state index in [1.165, 1.54) is 13.2 Å². The smallest absolute Gasteiger partial charge is 0.420 e. The molecule has 27 heavy (non-hydrogen) atoms. The maximum atomic E-state index is 13.1. The lowest BCUT2D eigenvalue weighted by Gasteiger charge is -2.08. The Morgan fingerprint density at radius 3 is 2.48 bits per heavy atom. The molecular weight excluding hydrogens is 385 g/mol. The third-order valence-corrected chi connectivity index (χ3v) is 4.16. The van der Waals surface area contributed by atoms with Crippen molar-refractivity contribution in [3.05, 3.63) is 52.8 Å². The predicted octanol–water partition coefficient (Wildman–Crippen LogP) is 2.01. The average Bonchev–Trinajstić information content (AvgIpc) is 2.59. The van der Waals surface area contributed by atoms with E-state index < -0.39 is 38.4 Å². The minimum absolute atomic E-state index is 0.119. The molecule has 0 fully saturated rings. The second-order valence-electron chi connectivity index (χ2n) is 5.34. The second kappa shape index (κ2) is 7.75. The van der Waals surface area contributed by atoms with Crippen molar-refractivity contribution in [2.24, 2.45) is 0 Å². The van der Waals surface area contributed by atoms with Crippen LogP contribution in [0.15, 0.2) is 35.6 Å². The van der Waals surface area contributed by atoms with Gasteiger partial charge in [-0.05, 0) is 17.6 Å². The van der Waals surface area contributed by atoms with Gasteiger partial charge in [-0.3, -0.25) is 4.79 Å². The van der Waals surface area contributed by atoms with Gasteiger partial charge in [-0.25, -0.2) is 18.4 Å². The van der Waals surface area contributed by atoms with E-state index in [0.29, 0.717) is 11.8 Å². The van der Waals surface area contributed by atoms with Crippen LogP contribution in [0, 0.1) is 11.8 Å². The summed E-state index contributed by atoms with van der Waals surface area (Å²) >= 11 is 0. The van der Waals surface area contributed by atoms with Crippen molar-refractivity contribution in [2.45, 2.75) is 17.8 Å². The summed E-state index contributed by atoms with van der Waals surface area (Å²) in [5, 5.41) is -0.761. The van der Waals surface area contributed by atoms with E-state index in [1.54, 1.807) is 18.2 Å². The Morgan fingerprint density at radius 1 is 1.22 bits per heavy atom. The molecule has 6 nitrogen and oxygen atoms in total. The fraction of sp³-hybridized carbons (Fsp3) is 0.235. The van der Waals surface area contributed by atoms with Crippen LogP contribution in [0.4, 0.5) is 13.2 Å². The third-order valence-electron chi connectivity index (χ3n) is 3.30. The molecule has 0 saturated carbocycles. The van der Waals surface area contributed by atoms with Gasteiger partial charge in [-0.15, -0.1) is 0 Å². The molecule has 2 aromatic rings. The van der Waals surface area contributed by atoms with E-state index in [2.05, 4.69) is 26.5 Å². The van der Waals surface area contributed by atoms with Gasteiger partial charge in [0.2, 0.25) is 15.0 Å². The number of halogens is 3. The van der Waals surface area contributed by atoms with Gasteiger partial charge in [0.05, 0.1) is 13.5 Å². The van der Waals surface area contributed by atoms with Crippen LogP contribution >= 0.6 is 0 Å². The van der Waals surface area contributed by atoms with Gasteiger partial charge in [-0.1, -0.05) is 24.1 Å². The summed E-state index contributed by atoms with van der Waals surface area (Å²) in [7, 11) is -2.71. The summed E-state index contributed by atoms with van der Waals surface area (Å²) in [5.74, 6) is 4.21. The number of aromatic nitrogens is 2. The second-order valence-corrected chi connectivity index (χ2v) is 7.25. The number of hydrogen-bond donors (Lipinski definition) is 0. The molecule has 10 heteroatoms. The molecule has 0 aliphatic carbocycles. The Morgan fingerprint density at radius 2 is 1.89 bits per heavy atom. The maximum absolute atomic E-state index is 13.1. The number of carbonyl (C=O) groups is 1. The zero-order chi connectivity index (χ0) is 20.2. The highest BCUT2D eigenvalue weighted by Crippen LogP contribution is 2.30. The summed E-state index contributed by atoms with van der Waals surface area (Å²) in [4.78, 5) is 18.1. The highest BCUT2D eigenvalue weighted by Gasteiger charge is 2.35. The average molecular weight is 398 g/mol. The number of nitrogens with zero attached hydrogens (tertiary/aromatic N) is 2.